The lowest BCUT2D eigenvalue weighted by molar-refractivity contribution is -0.0244. The Morgan fingerprint density at radius 3 is 2.09 bits per heavy atom. The fraction of sp³-hybridized carbons (Fsp3) is 0.296. The average Bonchev–Trinajstić information content (AvgIpc) is 3.47. The van der Waals surface area contributed by atoms with Crippen LogP contribution in [-0.4, -0.2) is 36.4 Å². The second-order valence-electron chi connectivity index (χ2n) is 8.51. The van der Waals surface area contributed by atoms with Gasteiger partial charge in [-0.05, 0) is 36.1 Å². The molecule has 4 atom stereocenters. The molecule has 0 saturated carbocycles. The summed E-state index contributed by atoms with van der Waals surface area (Å²) < 4.78 is 11.7. The molecule has 0 radical (unpaired) electrons. The summed E-state index contributed by atoms with van der Waals surface area (Å²) in [7, 11) is 1.55. The molecule has 3 aromatic rings. The Kier molecular flexibility index (Phi) is 5.45. The van der Waals surface area contributed by atoms with Gasteiger partial charge >= 0.3 is 0 Å². The minimum atomic E-state index is -1.30. The molecule has 2 fully saturated rings. The van der Waals surface area contributed by atoms with Gasteiger partial charge in [-0.2, -0.15) is 0 Å². The van der Waals surface area contributed by atoms with E-state index < -0.39 is 5.60 Å². The number of aliphatic hydroxyl groups is 1. The van der Waals surface area contributed by atoms with E-state index in [0.717, 1.165) is 24.0 Å². The number of benzene rings is 3. The van der Waals surface area contributed by atoms with Gasteiger partial charge in [0.25, 0.3) is 5.91 Å². The minimum absolute atomic E-state index is 0.136. The molecule has 2 bridgehead atoms. The summed E-state index contributed by atoms with van der Waals surface area (Å²) in [5, 5.41) is 15.6. The number of methoxy groups -OCH3 is 1. The number of ether oxygens (including phenoxy) is 2. The predicted octanol–water partition coefficient (Wildman–Crippen LogP) is 3.91. The Hall–Kier alpha value is -3.15. The van der Waals surface area contributed by atoms with Gasteiger partial charge in [-0.1, -0.05) is 72.8 Å². The van der Waals surface area contributed by atoms with Gasteiger partial charge in [-0.25, -0.2) is 0 Å². The second kappa shape index (κ2) is 8.41. The zero-order valence-electron chi connectivity index (χ0n) is 18.0. The number of nitrogens with one attached hydrogen (secondary N) is 1. The number of carbonyl (C=O) groups is 1. The van der Waals surface area contributed by atoms with Gasteiger partial charge in [0.05, 0.1) is 30.9 Å². The highest BCUT2D eigenvalue weighted by Gasteiger charge is 2.59. The minimum Gasteiger partial charge on any atom is -0.496 e. The van der Waals surface area contributed by atoms with Crippen molar-refractivity contribution in [1.82, 2.24) is 5.32 Å². The molecule has 2 aliphatic rings. The number of rotatable bonds is 6. The number of carbonyl (C=O) groups excluding carboxylic acids is 1. The van der Waals surface area contributed by atoms with Crippen molar-refractivity contribution < 1.29 is 19.4 Å². The van der Waals surface area contributed by atoms with Crippen molar-refractivity contribution in [3.05, 3.63) is 102 Å². The van der Waals surface area contributed by atoms with E-state index in [4.69, 9.17) is 9.47 Å². The van der Waals surface area contributed by atoms with E-state index in [1.165, 1.54) is 0 Å². The van der Waals surface area contributed by atoms with Crippen molar-refractivity contribution in [3.8, 4) is 5.75 Å². The van der Waals surface area contributed by atoms with Gasteiger partial charge < -0.3 is 19.9 Å². The predicted molar refractivity (Wildman–Crippen MR) is 122 cm³/mol. The normalized spacial score (nSPS) is 24.3. The molecule has 32 heavy (non-hydrogen) atoms. The van der Waals surface area contributed by atoms with Gasteiger partial charge in [0.2, 0.25) is 0 Å². The van der Waals surface area contributed by atoms with E-state index in [2.05, 4.69) is 5.32 Å². The van der Waals surface area contributed by atoms with Gasteiger partial charge in [-0.15, -0.1) is 0 Å². The van der Waals surface area contributed by atoms with Crippen molar-refractivity contribution >= 4 is 5.91 Å². The molecule has 2 saturated heterocycles. The van der Waals surface area contributed by atoms with Crippen molar-refractivity contribution in [2.75, 3.05) is 7.11 Å². The quantitative estimate of drug-likeness (QED) is 0.624. The van der Waals surface area contributed by atoms with E-state index >= 15 is 0 Å². The monoisotopic (exact) mass is 429 g/mol. The number of hydrogen-bond donors (Lipinski definition) is 2. The molecule has 164 valence electrons. The van der Waals surface area contributed by atoms with E-state index in [9.17, 15) is 9.90 Å². The van der Waals surface area contributed by atoms with Crippen molar-refractivity contribution in [1.29, 1.82) is 0 Å². The third-order valence-corrected chi connectivity index (χ3v) is 6.83. The van der Waals surface area contributed by atoms with Crippen LogP contribution in [0.5, 0.6) is 5.75 Å². The molecule has 5 nitrogen and oxygen atoms in total. The lowest BCUT2D eigenvalue weighted by Gasteiger charge is -2.42. The summed E-state index contributed by atoms with van der Waals surface area (Å²) in [6, 6.07) is 26.2. The first-order valence-electron chi connectivity index (χ1n) is 11.1. The van der Waals surface area contributed by atoms with Crippen LogP contribution in [0.15, 0.2) is 84.9 Å². The van der Waals surface area contributed by atoms with Crippen LogP contribution in [0, 0.1) is 5.92 Å². The average molecular weight is 430 g/mol. The smallest absolute Gasteiger partial charge is 0.255 e. The molecule has 5 heteroatoms. The zero-order valence-corrected chi connectivity index (χ0v) is 18.0. The zero-order chi connectivity index (χ0) is 22.1. The SMILES string of the molecule is COc1ccccc1C(=O)N[C@H]1[C@@H](C(O)(c2ccccc2)c2ccccc2)[C@@H]2CC[C@H]1O2. The van der Waals surface area contributed by atoms with E-state index in [0.29, 0.717) is 11.3 Å². The van der Waals surface area contributed by atoms with E-state index in [-0.39, 0.29) is 30.1 Å². The Morgan fingerprint density at radius 2 is 1.47 bits per heavy atom. The molecule has 2 heterocycles. The van der Waals surface area contributed by atoms with Crippen LogP contribution < -0.4 is 10.1 Å². The number of fused-ring (bicyclic) bond motifs is 2. The molecular weight excluding hydrogens is 402 g/mol. The summed E-state index contributed by atoms with van der Waals surface area (Å²) in [6.45, 7) is 0. The third kappa shape index (κ3) is 3.38. The highest BCUT2D eigenvalue weighted by atomic mass is 16.5. The Labute approximate surface area is 188 Å². The van der Waals surface area contributed by atoms with Crippen LogP contribution in [0.4, 0.5) is 0 Å². The number of hydrogen-bond acceptors (Lipinski definition) is 4. The molecular formula is C27H27NO4. The van der Waals surface area contributed by atoms with E-state index in [1.54, 1.807) is 19.2 Å². The maximum atomic E-state index is 13.3. The maximum absolute atomic E-state index is 13.3. The van der Waals surface area contributed by atoms with Crippen LogP contribution in [0.25, 0.3) is 0 Å². The molecule has 0 aromatic heterocycles. The largest absolute Gasteiger partial charge is 0.496 e. The lowest BCUT2D eigenvalue weighted by atomic mass is 9.67. The first-order chi connectivity index (χ1) is 15.6. The van der Waals surface area contributed by atoms with Crippen molar-refractivity contribution in [3.63, 3.8) is 0 Å². The molecule has 1 amide bonds. The van der Waals surface area contributed by atoms with E-state index in [1.807, 2.05) is 72.8 Å². The van der Waals surface area contributed by atoms with Crippen LogP contribution in [0.1, 0.15) is 34.3 Å². The fourth-order valence-electron chi connectivity index (χ4n) is 5.39. The highest BCUT2D eigenvalue weighted by Crippen LogP contribution is 2.50. The fourth-order valence-corrected chi connectivity index (χ4v) is 5.39. The molecule has 2 N–H and O–H groups in total. The van der Waals surface area contributed by atoms with Gasteiger partial charge in [0.1, 0.15) is 11.4 Å². The van der Waals surface area contributed by atoms with Crippen molar-refractivity contribution in [2.45, 2.75) is 36.7 Å². The molecule has 3 aromatic carbocycles. The Bertz CT molecular complexity index is 1050. The molecule has 0 unspecified atom stereocenters. The molecule has 0 aliphatic carbocycles. The standard InChI is InChI=1S/C27H27NO4/c1-31-21-15-9-8-14-20(21)26(29)28-25-23-17-16-22(32-23)24(25)27(30,18-10-4-2-5-11-18)19-12-6-3-7-13-19/h2-15,22-25,30H,16-17H2,1H3,(H,28,29)/t22-,23+,24-,25+/m0/s1. The Balaban J connectivity index is 1.56. The lowest BCUT2D eigenvalue weighted by Crippen LogP contribution is -2.55. The summed E-state index contributed by atoms with van der Waals surface area (Å²) in [5.41, 5.74) is 0.758. The number of para-hydroxylation sites is 1. The first-order valence-corrected chi connectivity index (χ1v) is 11.1. The van der Waals surface area contributed by atoms with Crippen LogP contribution in [-0.2, 0) is 10.3 Å². The van der Waals surface area contributed by atoms with Crippen molar-refractivity contribution in [2.24, 2.45) is 5.92 Å². The van der Waals surface area contributed by atoms with Gasteiger partial charge in [0, 0.05) is 5.92 Å². The highest BCUT2D eigenvalue weighted by molar-refractivity contribution is 5.97. The summed E-state index contributed by atoms with van der Waals surface area (Å²) >= 11 is 0. The maximum Gasteiger partial charge on any atom is 0.255 e. The van der Waals surface area contributed by atoms with Crippen LogP contribution in [0.2, 0.25) is 0 Å². The van der Waals surface area contributed by atoms with Gasteiger partial charge in [0.15, 0.2) is 0 Å². The summed E-state index contributed by atoms with van der Waals surface area (Å²) in [5.74, 6) is -0.0335. The molecule has 2 aliphatic heterocycles. The first kappa shape index (κ1) is 20.7. The third-order valence-electron chi connectivity index (χ3n) is 6.83. The van der Waals surface area contributed by atoms with Crippen LogP contribution in [0.3, 0.4) is 0 Å². The number of amides is 1. The topological polar surface area (TPSA) is 67.8 Å². The summed E-state index contributed by atoms with van der Waals surface area (Å²) in [6.07, 6.45) is 1.44. The summed E-state index contributed by atoms with van der Waals surface area (Å²) in [4.78, 5) is 13.3. The molecule has 0 spiro atoms. The van der Waals surface area contributed by atoms with Crippen LogP contribution >= 0.6 is 0 Å². The Morgan fingerprint density at radius 1 is 0.906 bits per heavy atom. The second-order valence-corrected chi connectivity index (χ2v) is 8.51. The van der Waals surface area contributed by atoms with Gasteiger partial charge in [-0.3, -0.25) is 4.79 Å². The molecule has 5 rings (SSSR count).